The molecule has 1 N–H and O–H groups in total. The van der Waals surface area contributed by atoms with Crippen LogP contribution in [0.4, 0.5) is 5.69 Å². The molecule has 7 nitrogen and oxygen atoms in total. The molecular formula is C12H13NO6. The van der Waals surface area contributed by atoms with Gasteiger partial charge in [0.25, 0.3) is 5.69 Å². The lowest BCUT2D eigenvalue weighted by molar-refractivity contribution is -0.384. The smallest absolute Gasteiger partial charge is 0.345 e. The molecule has 1 aromatic rings. The molecule has 1 aromatic carbocycles. The van der Waals surface area contributed by atoms with Gasteiger partial charge >= 0.3 is 11.9 Å². The van der Waals surface area contributed by atoms with Crippen LogP contribution in [0.3, 0.4) is 0 Å². The Kier molecular flexibility index (Phi) is 4.99. The Labute approximate surface area is 109 Å². The van der Waals surface area contributed by atoms with Crippen molar-refractivity contribution in [3.8, 4) is 0 Å². The average molecular weight is 267 g/mol. The van der Waals surface area contributed by atoms with Gasteiger partial charge in [0.1, 0.15) is 0 Å². The molecule has 7 heteroatoms. The molecule has 0 spiro atoms. The van der Waals surface area contributed by atoms with E-state index in [0.29, 0.717) is 6.42 Å². The van der Waals surface area contributed by atoms with Gasteiger partial charge in [-0.25, -0.2) is 9.59 Å². The fourth-order valence-corrected chi connectivity index (χ4v) is 1.41. The molecule has 1 rings (SSSR count). The highest BCUT2D eigenvalue weighted by molar-refractivity contribution is 5.91. The first kappa shape index (κ1) is 14.6. The van der Waals surface area contributed by atoms with Crippen LogP contribution in [0.2, 0.25) is 0 Å². The predicted octanol–water partition coefficient (Wildman–Crippen LogP) is 2.00. The minimum atomic E-state index is -1.21. The van der Waals surface area contributed by atoms with Crippen molar-refractivity contribution in [3.63, 3.8) is 0 Å². The summed E-state index contributed by atoms with van der Waals surface area (Å²) in [5.74, 6) is -2.02. The van der Waals surface area contributed by atoms with Crippen LogP contribution in [0.15, 0.2) is 24.3 Å². The van der Waals surface area contributed by atoms with Gasteiger partial charge in [-0.1, -0.05) is 13.3 Å². The minimum absolute atomic E-state index is 0.0768. The van der Waals surface area contributed by atoms with E-state index < -0.39 is 23.0 Å². The van der Waals surface area contributed by atoms with Crippen molar-refractivity contribution in [2.75, 3.05) is 0 Å². The molecule has 19 heavy (non-hydrogen) atoms. The summed E-state index contributed by atoms with van der Waals surface area (Å²) in [6.07, 6.45) is -0.425. The van der Waals surface area contributed by atoms with Crippen molar-refractivity contribution in [1.29, 1.82) is 0 Å². The molecule has 0 fully saturated rings. The van der Waals surface area contributed by atoms with E-state index in [1.807, 2.05) is 0 Å². The van der Waals surface area contributed by atoms with E-state index in [9.17, 15) is 19.7 Å². The lowest BCUT2D eigenvalue weighted by atomic mass is 10.2. The Balaban J connectivity index is 2.76. The summed E-state index contributed by atoms with van der Waals surface area (Å²) < 4.78 is 4.83. The fraction of sp³-hybridized carbons (Fsp3) is 0.333. The van der Waals surface area contributed by atoms with Crippen LogP contribution >= 0.6 is 0 Å². The molecule has 1 atom stereocenters. The molecular weight excluding hydrogens is 254 g/mol. The highest BCUT2D eigenvalue weighted by Gasteiger charge is 2.22. The Morgan fingerprint density at radius 2 is 1.95 bits per heavy atom. The van der Waals surface area contributed by atoms with Gasteiger partial charge in [0.15, 0.2) is 6.10 Å². The second-order valence-electron chi connectivity index (χ2n) is 3.82. The maximum absolute atomic E-state index is 11.7. The molecule has 0 aliphatic rings. The van der Waals surface area contributed by atoms with Crippen LogP contribution in [0.5, 0.6) is 0 Å². The third kappa shape index (κ3) is 4.06. The molecule has 0 unspecified atom stereocenters. The highest BCUT2D eigenvalue weighted by Crippen LogP contribution is 2.14. The molecule has 0 radical (unpaired) electrons. The van der Waals surface area contributed by atoms with E-state index >= 15 is 0 Å². The zero-order chi connectivity index (χ0) is 14.4. The molecule has 0 bridgehead atoms. The Bertz CT molecular complexity index is 481. The zero-order valence-corrected chi connectivity index (χ0v) is 10.2. The number of benzene rings is 1. The number of non-ortho nitro benzene ring substituents is 1. The average Bonchev–Trinajstić information content (AvgIpc) is 2.38. The van der Waals surface area contributed by atoms with E-state index in [1.54, 1.807) is 6.92 Å². The van der Waals surface area contributed by atoms with Gasteiger partial charge in [-0.15, -0.1) is 0 Å². The molecule has 0 aromatic heterocycles. The number of carbonyl (C=O) groups is 2. The maximum atomic E-state index is 11.7. The van der Waals surface area contributed by atoms with Crippen molar-refractivity contribution in [2.24, 2.45) is 0 Å². The van der Waals surface area contributed by atoms with Gasteiger partial charge in [-0.3, -0.25) is 10.1 Å². The second kappa shape index (κ2) is 6.48. The van der Waals surface area contributed by atoms with Crippen LogP contribution < -0.4 is 0 Å². The molecule has 0 aliphatic carbocycles. The van der Waals surface area contributed by atoms with Crippen LogP contribution in [0.25, 0.3) is 0 Å². The number of aliphatic carboxylic acids is 1. The van der Waals surface area contributed by atoms with Crippen molar-refractivity contribution in [2.45, 2.75) is 25.9 Å². The number of nitrogens with zero attached hydrogens (tertiary/aromatic N) is 1. The van der Waals surface area contributed by atoms with Gasteiger partial charge in [0.2, 0.25) is 0 Å². The van der Waals surface area contributed by atoms with Crippen LogP contribution in [0, 0.1) is 10.1 Å². The third-order valence-electron chi connectivity index (χ3n) is 2.39. The predicted molar refractivity (Wildman–Crippen MR) is 64.8 cm³/mol. The molecule has 0 aliphatic heterocycles. The number of carbonyl (C=O) groups excluding carboxylic acids is 1. The number of nitro benzene ring substituents is 1. The van der Waals surface area contributed by atoms with Crippen molar-refractivity contribution in [1.82, 2.24) is 0 Å². The summed E-state index contributed by atoms with van der Waals surface area (Å²) in [7, 11) is 0. The lowest BCUT2D eigenvalue weighted by Gasteiger charge is -2.12. The largest absolute Gasteiger partial charge is 0.479 e. The van der Waals surface area contributed by atoms with Crippen molar-refractivity contribution >= 4 is 17.6 Å². The van der Waals surface area contributed by atoms with Gasteiger partial charge in [-0.2, -0.15) is 0 Å². The van der Waals surface area contributed by atoms with E-state index in [-0.39, 0.29) is 17.7 Å². The standard InChI is InChI=1S/C12H13NO6/c1-2-3-10(11(14)15)19-12(16)8-4-6-9(7-5-8)13(17)18/h4-7,10H,2-3H2,1H3,(H,14,15)/t10-/m0/s1. The van der Waals surface area contributed by atoms with E-state index in [0.717, 1.165) is 12.1 Å². The normalized spacial score (nSPS) is 11.6. The van der Waals surface area contributed by atoms with E-state index in [4.69, 9.17) is 9.84 Å². The number of rotatable bonds is 6. The number of esters is 1. The molecule has 0 amide bonds. The Hall–Kier alpha value is -2.44. The topological polar surface area (TPSA) is 107 Å². The highest BCUT2D eigenvalue weighted by atomic mass is 16.6. The zero-order valence-electron chi connectivity index (χ0n) is 10.2. The molecule has 0 saturated heterocycles. The molecule has 0 heterocycles. The summed E-state index contributed by atoms with van der Waals surface area (Å²) in [5, 5.41) is 19.3. The summed E-state index contributed by atoms with van der Waals surface area (Å²) >= 11 is 0. The molecule has 102 valence electrons. The summed E-state index contributed by atoms with van der Waals surface area (Å²) in [6, 6.07) is 4.77. The summed E-state index contributed by atoms with van der Waals surface area (Å²) in [6.45, 7) is 1.77. The lowest BCUT2D eigenvalue weighted by Crippen LogP contribution is -2.26. The Morgan fingerprint density at radius 3 is 2.37 bits per heavy atom. The number of nitro groups is 1. The van der Waals surface area contributed by atoms with Gasteiger partial charge in [-0.05, 0) is 18.6 Å². The number of carboxylic acids is 1. The van der Waals surface area contributed by atoms with Crippen molar-refractivity contribution < 1.29 is 24.4 Å². The van der Waals surface area contributed by atoms with Gasteiger partial charge < -0.3 is 9.84 Å². The number of hydrogen-bond donors (Lipinski definition) is 1. The number of ether oxygens (including phenoxy) is 1. The van der Waals surface area contributed by atoms with Crippen molar-refractivity contribution in [3.05, 3.63) is 39.9 Å². The van der Waals surface area contributed by atoms with Crippen LogP contribution in [-0.4, -0.2) is 28.1 Å². The Morgan fingerprint density at radius 1 is 1.37 bits per heavy atom. The maximum Gasteiger partial charge on any atom is 0.345 e. The first-order valence-electron chi connectivity index (χ1n) is 5.64. The quantitative estimate of drug-likeness (QED) is 0.480. The third-order valence-corrected chi connectivity index (χ3v) is 2.39. The van der Waals surface area contributed by atoms with Crippen LogP contribution in [-0.2, 0) is 9.53 Å². The van der Waals surface area contributed by atoms with Crippen LogP contribution in [0.1, 0.15) is 30.1 Å². The second-order valence-corrected chi connectivity index (χ2v) is 3.82. The first-order valence-corrected chi connectivity index (χ1v) is 5.64. The summed E-state index contributed by atoms with van der Waals surface area (Å²) in [5.41, 5.74) is -0.0761. The van der Waals surface area contributed by atoms with Gasteiger partial charge in [0, 0.05) is 12.1 Å². The van der Waals surface area contributed by atoms with E-state index in [2.05, 4.69) is 0 Å². The number of hydrogen-bond acceptors (Lipinski definition) is 5. The monoisotopic (exact) mass is 267 g/mol. The SMILES string of the molecule is CCC[C@H](OC(=O)c1ccc([N+](=O)[O-])cc1)C(=O)O. The molecule has 0 saturated carbocycles. The minimum Gasteiger partial charge on any atom is -0.479 e. The first-order chi connectivity index (χ1) is 8.95. The number of carboxylic acid groups (broad SMARTS) is 1. The fourth-order valence-electron chi connectivity index (χ4n) is 1.41. The van der Waals surface area contributed by atoms with E-state index in [1.165, 1.54) is 12.1 Å². The van der Waals surface area contributed by atoms with Gasteiger partial charge in [0.05, 0.1) is 10.5 Å². The summed E-state index contributed by atoms with van der Waals surface area (Å²) in [4.78, 5) is 32.3.